The van der Waals surface area contributed by atoms with Gasteiger partial charge in [-0.15, -0.1) is 0 Å². The summed E-state index contributed by atoms with van der Waals surface area (Å²) < 4.78 is 0. The van der Waals surface area contributed by atoms with Crippen molar-refractivity contribution in [3.8, 4) is 0 Å². The second kappa shape index (κ2) is 5.00. The molecule has 18 heavy (non-hydrogen) atoms. The maximum Gasteiger partial charge on any atom is 0.373 e. The standard InChI is InChI=1S/C13H20O5/c1-12(2,3)9(15)7(8(14)11(17)18)10(16)13(4,5)6/h7H,1-6H3,(H,17,18). The molecule has 0 bridgehead atoms. The maximum atomic E-state index is 12.1. The van der Waals surface area contributed by atoms with Gasteiger partial charge in [-0.3, -0.25) is 14.4 Å². The van der Waals surface area contributed by atoms with Crippen LogP contribution in [0.4, 0.5) is 0 Å². The predicted octanol–water partition coefficient (Wildman–Crippen LogP) is 1.49. The summed E-state index contributed by atoms with van der Waals surface area (Å²) in [5.74, 6) is -6.14. The number of carbonyl (C=O) groups excluding carboxylic acids is 3. The van der Waals surface area contributed by atoms with Crippen LogP contribution in [0.25, 0.3) is 0 Å². The maximum absolute atomic E-state index is 12.1. The van der Waals surface area contributed by atoms with E-state index < -0.39 is 40.1 Å². The summed E-state index contributed by atoms with van der Waals surface area (Å²) in [6.07, 6.45) is 0. The van der Waals surface area contributed by atoms with Crippen molar-refractivity contribution in [3.63, 3.8) is 0 Å². The fourth-order valence-electron chi connectivity index (χ4n) is 1.35. The molecule has 0 aliphatic rings. The van der Waals surface area contributed by atoms with Gasteiger partial charge in [-0.25, -0.2) is 4.79 Å². The van der Waals surface area contributed by atoms with E-state index in [1.807, 2.05) is 0 Å². The van der Waals surface area contributed by atoms with E-state index in [2.05, 4.69) is 0 Å². The topological polar surface area (TPSA) is 88.5 Å². The average Bonchev–Trinajstić information content (AvgIpc) is 2.14. The molecule has 0 aliphatic carbocycles. The van der Waals surface area contributed by atoms with Crippen LogP contribution in [0.3, 0.4) is 0 Å². The van der Waals surface area contributed by atoms with Crippen molar-refractivity contribution in [2.24, 2.45) is 16.7 Å². The minimum Gasteiger partial charge on any atom is -0.475 e. The monoisotopic (exact) mass is 256 g/mol. The third kappa shape index (κ3) is 3.75. The molecule has 0 heterocycles. The van der Waals surface area contributed by atoms with E-state index in [4.69, 9.17) is 5.11 Å². The third-order valence-corrected chi connectivity index (χ3v) is 2.48. The lowest BCUT2D eigenvalue weighted by molar-refractivity contribution is -0.157. The second-order valence-electron chi connectivity index (χ2n) is 6.33. The number of carboxylic acids is 1. The molecule has 0 aromatic carbocycles. The van der Waals surface area contributed by atoms with Gasteiger partial charge in [-0.2, -0.15) is 0 Å². The summed E-state index contributed by atoms with van der Waals surface area (Å²) in [5.41, 5.74) is -1.90. The number of Topliss-reactive ketones (excluding diaryl/α,β-unsaturated/α-hetero) is 3. The molecular formula is C13H20O5. The third-order valence-electron chi connectivity index (χ3n) is 2.48. The minimum atomic E-state index is -1.75. The van der Waals surface area contributed by atoms with Crippen LogP contribution in [0.2, 0.25) is 0 Å². The van der Waals surface area contributed by atoms with Gasteiger partial charge in [0.2, 0.25) is 0 Å². The van der Waals surface area contributed by atoms with Crippen LogP contribution in [-0.4, -0.2) is 28.4 Å². The van der Waals surface area contributed by atoms with Crippen LogP contribution >= 0.6 is 0 Å². The van der Waals surface area contributed by atoms with Crippen molar-refractivity contribution in [2.45, 2.75) is 41.5 Å². The quantitative estimate of drug-likeness (QED) is 0.608. The van der Waals surface area contributed by atoms with Gasteiger partial charge in [-0.1, -0.05) is 41.5 Å². The molecular weight excluding hydrogens is 236 g/mol. The Balaban J connectivity index is 5.62. The van der Waals surface area contributed by atoms with Gasteiger partial charge in [0.1, 0.15) is 5.92 Å². The largest absolute Gasteiger partial charge is 0.475 e. The van der Waals surface area contributed by atoms with E-state index in [1.165, 1.54) is 0 Å². The van der Waals surface area contributed by atoms with E-state index in [0.717, 1.165) is 0 Å². The summed E-state index contributed by atoms with van der Waals surface area (Å²) in [5, 5.41) is 8.73. The highest BCUT2D eigenvalue weighted by molar-refractivity contribution is 6.43. The van der Waals surface area contributed by atoms with E-state index in [9.17, 15) is 19.2 Å². The first-order chi connectivity index (χ1) is 7.80. The lowest BCUT2D eigenvalue weighted by Crippen LogP contribution is -2.45. The van der Waals surface area contributed by atoms with Gasteiger partial charge in [0.15, 0.2) is 11.6 Å². The SMILES string of the molecule is CC(C)(C)C(=O)C(C(=O)C(=O)O)C(=O)C(C)(C)C. The highest BCUT2D eigenvalue weighted by Gasteiger charge is 2.45. The molecule has 0 rings (SSSR count). The molecule has 0 aromatic heterocycles. The smallest absolute Gasteiger partial charge is 0.373 e. The normalized spacial score (nSPS) is 12.4. The Hall–Kier alpha value is -1.52. The number of carbonyl (C=O) groups is 4. The molecule has 0 unspecified atom stereocenters. The van der Waals surface area contributed by atoms with Crippen LogP contribution < -0.4 is 0 Å². The summed E-state index contributed by atoms with van der Waals surface area (Å²) in [6, 6.07) is 0. The fraction of sp³-hybridized carbons (Fsp3) is 0.692. The lowest BCUT2D eigenvalue weighted by atomic mass is 9.73. The Bertz CT molecular complexity index is 367. The highest BCUT2D eigenvalue weighted by atomic mass is 16.4. The van der Waals surface area contributed by atoms with Crippen LogP contribution in [0.5, 0.6) is 0 Å². The van der Waals surface area contributed by atoms with Crippen molar-refractivity contribution in [1.82, 2.24) is 0 Å². The predicted molar refractivity (Wildman–Crippen MR) is 65.1 cm³/mol. The zero-order chi connectivity index (χ0) is 14.9. The Morgan fingerprint density at radius 2 is 1.06 bits per heavy atom. The van der Waals surface area contributed by atoms with Crippen molar-refractivity contribution in [3.05, 3.63) is 0 Å². The number of hydrogen-bond donors (Lipinski definition) is 1. The summed E-state index contributed by atoms with van der Waals surface area (Å²) in [7, 11) is 0. The molecule has 1 N–H and O–H groups in total. The number of aliphatic carboxylic acids is 1. The van der Waals surface area contributed by atoms with Crippen molar-refractivity contribution in [1.29, 1.82) is 0 Å². The highest BCUT2D eigenvalue weighted by Crippen LogP contribution is 2.28. The van der Waals surface area contributed by atoms with E-state index >= 15 is 0 Å². The van der Waals surface area contributed by atoms with Gasteiger partial charge >= 0.3 is 5.97 Å². The number of rotatable bonds is 4. The zero-order valence-electron chi connectivity index (χ0n) is 11.7. The van der Waals surface area contributed by atoms with Crippen LogP contribution in [0.15, 0.2) is 0 Å². The zero-order valence-corrected chi connectivity index (χ0v) is 11.7. The first-order valence-corrected chi connectivity index (χ1v) is 5.66. The van der Waals surface area contributed by atoms with Gasteiger partial charge in [0.05, 0.1) is 0 Å². The van der Waals surface area contributed by atoms with Gasteiger partial charge in [0.25, 0.3) is 5.78 Å². The van der Waals surface area contributed by atoms with Crippen LogP contribution in [-0.2, 0) is 19.2 Å². The molecule has 5 nitrogen and oxygen atoms in total. The minimum absolute atomic E-state index is 0.658. The fourth-order valence-corrected chi connectivity index (χ4v) is 1.35. The molecule has 0 radical (unpaired) electrons. The number of ketones is 3. The number of hydrogen-bond acceptors (Lipinski definition) is 4. The van der Waals surface area contributed by atoms with Crippen molar-refractivity contribution >= 4 is 23.3 Å². The lowest BCUT2D eigenvalue weighted by Gasteiger charge is -2.26. The Labute approximate surface area is 107 Å². The van der Waals surface area contributed by atoms with Crippen molar-refractivity contribution < 1.29 is 24.3 Å². The van der Waals surface area contributed by atoms with Crippen LogP contribution in [0.1, 0.15) is 41.5 Å². The van der Waals surface area contributed by atoms with Gasteiger partial charge < -0.3 is 5.11 Å². The van der Waals surface area contributed by atoms with Crippen molar-refractivity contribution in [2.75, 3.05) is 0 Å². The summed E-state index contributed by atoms with van der Waals surface area (Å²) in [6.45, 7) is 9.29. The molecule has 0 aliphatic heterocycles. The summed E-state index contributed by atoms with van der Waals surface area (Å²) >= 11 is 0. The van der Waals surface area contributed by atoms with Gasteiger partial charge in [0, 0.05) is 10.8 Å². The number of carboxylic acid groups (broad SMARTS) is 1. The Morgan fingerprint density at radius 1 is 0.778 bits per heavy atom. The molecule has 0 aromatic rings. The molecule has 0 amide bonds. The first-order valence-electron chi connectivity index (χ1n) is 5.66. The average molecular weight is 256 g/mol. The summed E-state index contributed by atoms with van der Waals surface area (Å²) in [4.78, 5) is 46.5. The molecule has 0 fully saturated rings. The Morgan fingerprint density at radius 3 is 1.22 bits per heavy atom. The van der Waals surface area contributed by atoms with Crippen LogP contribution in [0, 0.1) is 16.7 Å². The first kappa shape index (κ1) is 16.5. The molecule has 102 valence electrons. The van der Waals surface area contributed by atoms with E-state index in [-0.39, 0.29) is 0 Å². The molecule has 0 atom stereocenters. The second-order valence-corrected chi connectivity index (χ2v) is 6.33. The van der Waals surface area contributed by atoms with E-state index in [0.29, 0.717) is 0 Å². The van der Waals surface area contributed by atoms with E-state index in [1.54, 1.807) is 41.5 Å². The molecule has 0 saturated carbocycles. The molecule has 0 saturated heterocycles. The Kier molecular flexibility index (Phi) is 4.58. The molecule has 0 spiro atoms. The molecule has 5 heteroatoms. The van der Waals surface area contributed by atoms with Gasteiger partial charge in [-0.05, 0) is 0 Å².